The van der Waals surface area contributed by atoms with Gasteiger partial charge in [-0.3, -0.25) is 9.59 Å². The van der Waals surface area contributed by atoms with Crippen LogP contribution in [-0.2, 0) is 14.3 Å². The largest absolute Gasteiger partial charge is 0.452 e. The minimum atomic E-state index is -0.844. The topological polar surface area (TPSA) is 55.4 Å². The Morgan fingerprint density at radius 1 is 1.15 bits per heavy atom. The van der Waals surface area contributed by atoms with Gasteiger partial charge in [-0.05, 0) is 30.2 Å². The molecule has 0 bridgehead atoms. The van der Waals surface area contributed by atoms with Crippen LogP contribution < -0.4 is 5.32 Å². The van der Waals surface area contributed by atoms with Crippen molar-refractivity contribution in [2.75, 3.05) is 12.3 Å². The van der Waals surface area contributed by atoms with Crippen molar-refractivity contribution in [1.82, 2.24) is 5.32 Å². The SMILES string of the molecule is C=CCNC(=O)[C@@H](C)OC(=O)CS[C@@H](c1ccccc1)c1ccc(Cl)cc1. The number of hydrogen-bond donors (Lipinski definition) is 1. The third-order valence-electron chi connectivity index (χ3n) is 3.74. The van der Waals surface area contributed by atoms with E-state index in [2.05, 4.69) is 11.9 Å². The molecular formula is C21H22ClNO3S. The molecule has 0 fully saturated rings. The maximum absolute atomic E-state index is 12.2. The Balaban J connectivity index is 2.01. The first-order valence-electron chi connectivity index (χ1n) is 8.51. The maximum atomic E-state index is 12.2. The summed E-state index contributed by atoms with van der Waals surface area (Å²) >= 11 is 7.44. The van der Waals surface area contributed by atoms with Crippen molar-refractivity contribution in [1.29, 1.82) is 0 Å². The summed E-state index contributed by atoms with van der Waals surface area (Å²) in [7, 11) is 0. The van der Waals surface area contributed by atoms with Crippen molar-refractivity contribution in [3.05, 3.63) is 83.4 Å². The molecule has 2 aromatic rings. The molecule has 2 aromatic carbocycles. The molecule has 0 saturated heterocycles. The Bertz CT molecular complexity index is 765. The average Bonchev–Trinajstić information content (AvgIpc) is 2.68. The fourth-order valence-electron chi connectivity index (χ4n) is 2.40. The van der Waals surface area contributed by atoms with Gasteiger partial charge in [0, 0.05) is 11.6 Å². The predicted octanol–water partition coefficient (Wildman–Crippen LogP) is 4.40. The minimum Gasteiger partial charge on any atom is -0.452 e. The zero-order valence-corrected chi connectivity index (χ0v) is 16.6. The second-order valence-electron chi connectivity index (χ2n) is 5.82. The number of rotatable bonds is 9. The summed E-state index contributed by atoms with van der Waals surface area (Å²) in [4.78, 5) is 24.0. The van der Waals surface area contributed by atoms with Crippen LogP contribution in [0.1, 0.15) is 23.3 Å². The number of halogens is 1. The van der Waals surface area contributed by atoms with Crippen LogP contribution >= 0.6 is 23.4 Å². The van der Waals surface area contributed by atoms with Crippen molar-refractivity contribution in [2.45, 2.75) is 18.3 Å². The molecule has 2 atom stereocenters. The van der Waals surface area contributed by atoms with Gasteiger partial charge in [0.05, 0.1) is 11.0 Å². The van der Waals surface area contributed by atoms with E-state index in [4.69, 9.17) is 16.3 Å². The number of ether oxygens (including phenoxy) is 1. The van der Waals surface area contributed by atoms with E-state index in [1.54, 1.807) is 13.0 Å². The molecule has 0 aliphatic heterocycles. The minimum absolute atomic E-state index is 0.0408. The van der Waals surface area contributed by atoms with E-state index >= 15 is 0 Å². The molecule has 6 heteroatoms. The van der Waals surface area contributed by atoms with Crippen molar-refractivity contribution in [2.24, 2.45) is 0 Å². The molecule has 0 aliphatic rings. The molecule has 0 spiro atoms. The van der Waals surface area contributed by atoms with Crippen LogP contribution in [0.25, 0.3) is 0 Å². The molecule has 0 aliphatic carbocycles. The molecule has 0 aromatic heterocycles. The van der Waals surface area contributed by atoms with Crippen LogP contribution in [0.5, 0.6) is 0 Å². The first-order valence-corrected chi connectivity index (χ1v) is 9.94. The molecule has 0 radical (unpaired) electrons. The summed E-state index contributed by atoms with van der Waals surface area (Å²) < 4.78 is 5.22. The van der Waals surface area contributed by atoms with Gasteiger partial charge in [-0.1, -0.05) is 60.1 Å². The lowest BCUT2D eigenvalue weighted by atomic mass is 10.0. The normalized spacial score (nSPS) is 12.7. The van der Waals surface area contributed by atoms with Gasteiger partial charge in [-0.2, -0.15) is 0 Å². The van der Waals surface area contributed by atoms with E-state index in [0.29, 0.717) is 11.6 Å². The van der Waals surface area contributed by atoms with E-state index < -0.39 is 12.1 Å². The van der Waals surface area contributed by atoms with E-state index in [1.807, 2.05) is 54.6 Å². The molecular weight excluding hydrogens is 382 g/mol. The molecule has 27 heavy (non-hydrogen) atoms. The van der Waals surface area contributed by atoms with Crippen molar-refractivity contribution in [3.63, 3.8) is 0 Å². The van der Waals surface area contributed by atoms with E-state index in [1.165, 1.54) is 11.8 Å². The summed E-state index contributed by atoms with van der Waals surface area (Å²) in [6.07, 6.45) is 0.725. The Labute approximate surface area is 168 Å². The molecule has 142 valence electrons. The van der Waals surface area contributed by atoms with Gasteiger partial charge >= 0.3 is 5.97 Å². The summed E-state index contributed by atoms with van der Waals surface area (Å²) in [6, 6.07) is 17.5. The van der Waals surface area contributed by atoms with E-state index in [0.717, 1.165) is 11.1 Å². The Morgan fingerprint density at radius 2 is 1.78 bits per heavy atom. The zero-order valence-electron chi connectivity index (χ0n) is 15.1. The summed E-state index contributed by atoms with van der Waals surface area (Å²) in [5.41, 5.74) is 2.12. The molecule has 4 nitrogen and oxygen atoms in total. The highest BCUT2D eigenvalue weighted by Gasteiger charge is 2.20. The zero-order chi connectivity index (χ0) is 19.6. The van der Waals surface area contributed by atoms with Crippen molar-refractivity contribution < 1.29 is 14.3 Å². The second-order valence-corrected chi connectivity index (χ2v) is 7.35. The van der Waals surface area contributed by atoms with Crippen LogP contribution in [0.15, 0.2) is 67.3 Å². The second kappa shape index (κ2) is 10.8. The van der Waals surface area contributed by atoms with Gasteiger partial charge in [0.15, 0.2) is 6.10 Å². The van der Waals surface area contributed by atoms with Crippen LogP contribution in [-0.4, -0.2) is 30.3 Å². The third-order valence-corrected chi connectivity index (χ3v) is 5.27. The Morgan fingerprint density at radius 3 is 2.41 bits per heavy atom. The quantitative estimate of drug-likeness (QED) is 0.498. The van der Waals surface area contributed by atoms with Crippen LogP contribution in [0, 0.1) is 0 Å². The Kier molecular flexibility index (Phi) is 8.43. The first kappa shape index (κ1) is 21.1. The molecule has 0 saturated carbocycles. The lowest BCUT2D eigenvalue weighted by molar-refractivity contribution is -0.152. The van der Waals surface area contributed by atoms with E-state index in [9.17, 15) is 9.59 Å². The smallest absolute Gasteiger partial charge is 0.316 e. The van der Waals surface area contributed by atoms with Crippen LogP contribution in [0.2, 0.25) is 5.02 Å². The monoisotopic (exact) mass is 403 g/mol. The molecule has 0 heterocycles. The van der Waals surface area contributed by atoms with Crippen LogP contribution in [0.4, 0.5) is 0 Å². The first-order chi connectivity index (χ1) is 13.0. The fourth-order valence-corrected chi connectivity index (χ4v) is 3.60. The highest BCUT2D eigenvalue weighted by Crippen LogP contribution is 2.36. The lowest BCUT2D eigenvalue weighted by Crippen LogP contribution is -2.36. The number of benzene rings is 2. The fraction of sp³-hybridized carbons (Fsp3) is 0.238. The molecule has 1 amide bonds. The Hall–Kier alpha value is -2.24. The molecule has 0 unspecified atom stereocenters. The summed E-state index contributed by atoms with van der Waals surface area (Å²) in [5.74, 6) is -0.650. The number of amides is 1. The lowest BCUT2D eigenvalue weighted by Gasteiger charge is -2.18. The van der Waals surface area contributed by atoms with Gasteiger partial charge in [0.1, 0.15) is 0 Å². The highest BCUT2D eigenvalue weighted by molar-refractivity contribution is 8.00. The van der Waals surface area contributed by atoms with Crippen molar-refractivity contribution in [3.8, 4) is 0 Å². The third kappa shape index (κ3) is 6.77. The van der Waals surface area contributed by atoms with E-state index in [-0.39, 0.29) is 16.9 Å². The average molecular weight is 404 g/mol. The predicted molar refractivity (Wildman–Crippen MR) is 111 cm³/mol. The van der Waals surface area contributed by atoms with Gasteiger partial charge in [-0.15, -0.1) is 18.3 Å². The maximum Gasteiger partial charge on any atom is 0.316 e. The van der Waals surface area contributed by atoms with Gasteiger partial charge in [0.25, 0.3) is 5.91 Å². The molecule has 1 N–H and O–H groups in total. The van der Waals surface area contributed by atoms with Crippen LogP contribution in [0.3, 0.4) is 0 Å². The summed E-state index contributed by atoms with van der Waals surface area (Å²) in [5, 5.41) is 3.23. The highest BCUT2D eigenvalue weighted by atomic mass is 35.5. The number of thioether (sulfide) groups is 1. The van der Waals surface area contributed by atoms with Gasteiger partial charge in [-0.25, -0.2) is 0 Å². The molecule has 2 rings (SSSR count). The van der Waals surface area contributed by atoms with Gasteiger partial charge in [0.2, 0.25) is 0 Å². The number of hydrogen-bond acceptors (Lipinski definition) is 4. The summed E-state index contributed by atoms with van der Waals surface area (Å²) in [6.45, 7) is 5.42. The number of esters is 1. The number of carbonyl (C=O) groups excluding carboxylic acids is 2. The number of nitrogens with one attached hydrogen (secondary N) is 1. The number of carbonyl (C=O) groups is 2. The van der Waals surface area contributed by atoms with Crippen molar-refractivity contribution >= 4 is 35.2 Å². The van der Waals surface area contributed by atoms with Gasteiger partial charge < -0.3 is 10.1 Å². The standard InChI is InChI=1S/C21H22ClNO3S/c1-3-13-23-21(25)15(2)26-19(24)14-27-20(16-7-5-4-6-8-16)17-9-11-18(22)12-10-17/h3-12,15,20H,1,13-14H2,2H3,(H,23,25)/t15-,20+/m1/s1.